The van der Waals surface area contributed by atoms with E-state index in [-0.39, 0.29) is 18.9 Å². The Morgan fingerprint density at radius 3 is 1.21 bits per heavy atom. The second-order valence-corrected chi connectivity index (χ2v) is 22.7. The maximum atomic E-state index is 13.0. The molecule has 0 saturated heterocycles. The number of likely N-dealkylation sites (N-methyl/N-ethyl adjacent to an activating group) is 1. The van der Waals surface area contributed by atoms with Gasteiger partial charge in [0.1, 0.15) is 13.2 Å². The van der Waals surface area contributed by atoms with Crippen LogP contribution < -0.4 is 10.2 Å². The number of unbranched alkanes of at least 4 members (excludes halogenated alkanes) is 19. The molecule has 0 bridgehead atoms. The molecule has 0 aromatic carbocycles. The number of aliphatic hydroxyl groups excluding tert-OH is 1. The Bertz CT molecular complexity index is 1760. The van der Waals surface area contributed by atoms with Gasteiger partial charge in [0.05, 0.1) is 39.9 Å². The van der Waals surface area contributed by atoms with Gasteiger partial charge in [-0.3, -0.25) is 9.36 Å². The molecular formula is C68H115N2O6P. The van der Waals surface area contributed by atoms with E-state index in [0.717, 1.165) is 96.3 Å². The number of phosphoric acid groups is 1. The van der Waals surface area contributed by atoms with Crippen LogP contribution in [0.4, 0.5) is 0 Å². The number of quaternary nitrogens is 1. The molecule has 3 unspecified atom stereocenters. The monoisotopic (exact) mass is 1090 g/mol. The van der Waals surface area contributed by atoms with Crippen molar-refractivity contribution >= 4 is 13.7 Å². The number of hydrogen-bond acceptors (Lipinski definition) is 6. The molecule has 0 aliphatic rings. The second-order valence-electron chi connectivity index (χ2n) is 21.3. The predicted octanol–water partition coefficient (Wildman–Crippen LogP) is 18.6. The van der Waals surface area contributed by atoms with E-state index < -0.39 is 26.6 Å². The first-order chi connectivity index (χ1) is 37.5. The Balaban J connectivity index is 4.38. The van der Waals surface area contributed by atoms with Crippen LogP contribution in [0, 0.1) is 0 Å². The van der Waals surface area contributed by atoms with Gasteiger partial charge in [0.25, 0.3) is 7.82 Å². The van der Waals surface area contributed by atoms with Crippen molar-refractivity contribution in [3.63, 3.8) is 0 Å². The first-order valence-corrected chi connectivity index (χ1v) is 32.2. The number of aliphatic hydroxyl groups is 1. The third kappa shape index (κ3) is 59.9. The van der Waals surface area contributed by atoms with Crippen LogP contribution in [-0.4, -0.2) is 68.5 Å². The SMILES string of the molecule is CC/C=C\C/C=C\C/C=C\C/C=C\C/C=C\C/C=C\C/C=C\C/C=C\C/C=C\CCCCCC(=O)NC(COP(=O)([O-])OCC[N+](C)(C)C)C(O)/C=C/CC/C=C/CC/C=C/CCCCCCCCCCCCCCCC. The van der Waals surface area contributed by atoms with Crippen LogP contribution in [0.25, 0.3) is 0 Å². The molecule has 438 valence electrons. The summed E-state index contributed by atoms with van der Waals surface area (Å²) in [7, 11) is 1.19. The molecule has 0 saturated carbocycles. The number of carbonyl (C=O) groups excluding carboxylic acids is 1. The van der Waals surface area contributed by atoms with Crippen molar-refractivity contribution < 1.29 is 32.9 Å². The number of nitrogens with zero attached hydrogens (tertiary/aromatic N) is 1. The van der Waals surface area contributed by atoms with Crippen molar-refractivity contribution in [3.05, 3.63) is 146 Å². The molecule has 77 heavy (non-hydrogen) atoms. The van der Waals surface area contributed by atoms with Gasteiger partial charge in [-0.2, -0.15) is 0 Å². The molecule has 8 nitrogen and oxygen atoms in total. The zero-order valence-corrected chi connectivity index (χ0v) is 50.7. The van der Waals surface area contributed by atoms with Crippen LogP contribution in [0.5, 0.6) is 0 Å². The standard InChI is InChI=1S/C68H115N2O6P/c1-6-8-10-12-14-16-18-20-22-24-26-28-30-32-33-34-35-36-37-38-40-42-44-46-48-50-52-54-56-58-60-62-68(72)69-66(65-76-77(73,74)75-64-63-70(3,4)5)67(71)61-59-57-55-53-51-49-47-45-43-41-39-31-29-27-25-23-21-19-17-15-13-11-9-7-2/h8,10,14,16,20,22,26,28,32-33,35-36,38,40,43-46,50-53,59,61,66-67,71H,6-7,9,11-13,15,17-19,21,23-25,27,29-31,34,37,39,41-42,47-49,54-58,60,62-65H2,1-5H3,(H-,69,72,73,74)/b10-8-,16-14-,22-20-,28-26-,33-32-,36-35-,40-38-,45-43+,46-44-,52-50-,53-51+,61-59+. The lowest BCUT2D eigenvalue weighted by atomic mass is 10.0. The number of rotatable bonds is 54. The molecule has 1 amide bonds. The summed E-state index contributed by atoms with van der Waals surface area (Å²) < 4.78 is 23.3. The summed E-state index contributed by atoms with van der Waals surface area (Å²) in [5.41, 5.74) is 0. The van der Waals surface area contributed by atoms with E-state index in [0.29, 0.717) is 23.9 Å². The number of phosphoric ester groups is 1. The van der Waals surface area contributed by atoms with Crippen LogP contribution in [0.1, 0.15) is 226 Å². The fraction of sp³-hybridized carbons (Fsp3) is 0.632. The van der Waals surface area contributed by atoms with Crippen LogP contribution in [0.3, 0.4) is 0 Å². The minimum Gasteiger partial charge on any atom is -0.756 e. The molecule has 9 heteroatoms. The highest BCUT2D eigenvalue weighted by atomic mass is 31.2. The molecule has 2 N–H and O–H groups in total. The number of hydrogen-bond donors (Lipinski definition) is 2. The minimum absolute atomic E-state index is 0.0244. The number of allylic oxidation sites excluding steroid dienone is 23. The Labute approximate surface area is 474 Å². The Kier molecular flexibility index (Phi) is 54.4. The number of nitrogens with one attached hydrogen (secondary N) is 1. The Hall–Kier alpha value is -3.62. The molecular weight excluding hydrogens is 972 g/mol. The fourth-order valence-corrected chi connectivity index (χ4v) is 8.72. The largest absolute Gasteiger partial charge is 0.756 e. The summed E-state index contributed by atoms with van der Waals surface area (Å²) in [6, 6.07) is -0.941. The lowest BCUT2D eigenvalue weighted by Gasteiger charge is -2.29. The summed E-state index contributed by atoms with van der Waals surface area (Å²) in [5, 5.41) is 13.9. The molecule has 0 radical (unpaired) electrons. The molecule has 0 aliphatic heterocycles. The second kappa shape index (κ2) is 57.1. The van der Waals surface area contributed by atoms with Gasteiger partial charge in [0.15, 0.2) is 0 Å². The number of amides is 1. The molecule has 0 aliphatic carbocycles. The average Bonchev–Trinajstić information content (AvgIpc) is 3.39. The first-order valence-electron chi connectivity index (χ1n) is 30.7. The zero-order chi connectivity index (χ0) is 56.3. The van der Waals surface area contributed by atoms with Crippen molar-refractivity contribution in [1.82, 2.24) is 5.32 Å². The highest BCUT2D eigenvalue weighted by molar-refractivity contribution is 7.45. The smallest absolute Gasteiger partial charge is 0.268 e. The van der Waals surface area contributed by atoms with Crippen molar-refractivity contribution in [3.8, 4) is 0 Å². The fourth-order valence-electron chi connectivity index (χ4n) is 8.00. The summed E-state index contributed by atoms with van der Waals surface area (Å²) in [4.78, 5) is 25.5. The quantitative estimate of drug-likeness (QED) is 0.0272. The van der Waals surface area contributed by atoms with Crippen LogP contribution in [0.2, 0.25) is 0 Å². The van der Waals surface area contributed by atoms with E-state index in [4.69, 9.17) is 9.05 Å². The third-order valence-corrected chi connectivity index (χ3v) is 13.7. The highest BCUT2D eigenvalue weighted by Gasteiger charge is 2.23. The molecule has 0 aromatic heterocycles. The van der Waals surface area contributed by atoms with Gasteiger partial charge < -0.3 is 28.8 Å². The lowest BCUT2D eigenvalue weighted by Crippen LogP contribution is -2.45. The number of carbonyl (C=O) groups is 1. The van der Waals surface area contributed by atoms with E-state index in [1.807, 2.05) is 27.2 Å². The maximum Gasteiger partial charge on any atom is 0.268 e. The normalized spacial score (nSPS) is 14.8. The Morgan fingerprint density at radius 2 is 0.805 bits per heavy atom. The molecule has 3 atom stereocenters. The van der Waals surface area contributed by atoms with Crippen molar-refractivity contribution in [2.24, 2.45) is 0 Å². The zero-order valence-electron chi connectivity index (χ0n) is 49.8. The topological polar surface area (TPSA) is 108 Å². The van der Waals surface area contributed by atoms with Gasteiger partial charge in [0, 0.05) is 6.42 Å². The van der Waals surface area contributed by atoms with Gasteiger partial charge in [-0.15, -0.1) is 0 Å². The van der Waals surface area contributed by atoms with E-state index in [9.17, 15) is 19.4 Å². The van der Waals surface area contributed by atoms with Crippen molar-refractivity contribution in [2.75, 3.05) is 40.9 Å². The van der Waals surface area contributed by atoms with Crippen molar-refractivity contribution in [2.45, 2.75) is 238 Å². The van der Waals surface area contributed by atoms with Crippen LogP contribution in [0.15, 0.2) is 146 Å². The summed E-state index contributed by atoms with van der Waals surface area (Å²) >= 11 is 0. The summed E-state index contributed by atoms with van der Waals surface area (Å²) in [6.45, 7) is 4.47. The van der Waals surface area contributed by atoms with Crippen LogP contribution >= 0.6 is 7.82 Å². The van der Waals surface area contributed by atoms with Gasteiger partial charge in [-0.1, -0.05) is 250 Å². The Morgan fingerprint density at radius 1 is 0.468 bits per heavy atom. The van der Waals surface area contributed by atoms with E-state index in [2.05, 4.69) is 153 Å². The molecule has 0 fully saturated rings. The van der Waals surface area contributed by atoms with Gasteiger partial charge >= 0.3 is 0 Å². The molecule has 0 heterocycles. The van der Waals surface area contributed by atoms with E-state index in [1.165, 1.54) is 96.3 Å². The highest BCUT2D eigenvalue weighted by Crippen LogP contribution is 2.38. The molecule has 0 aromatic rings. The van der Waals surface area contributed by atoms with Gasteiger partial charge in [-0.05, 0) is 116 Å². The van der Waals surface area contributed by atoms with E-state index >= 15 is 0 Å². The predicted molar refractivity (Wildman–Crippen MR) is 334 cm³/mol. The van der Waals surface area contributed by atoms with Crippen LogP contribution in [-0.2, 0) is 18.4 Å². The maximum absolute atomic E-state index is 13.0. The van der Waals surface area contributed by atoms with Crippen molar-refractivity contribution in [1.29, 1.82) is 0 Å². The summed E-state index contributed by atoms with van der Waals surface area (Å²) in [6.07, 6.45) is 88.0. The van der Waals surface area contributed by atoms with E-state index in [1.54, 1.807) is 6.08 Å². The first kappa shape index (κ1) is 73.4. The van der Waals surface area contributed by atoms with Gasteiger partial charge in [-0.25, -0.2) is 0 Å². The molecule has 0 rings (SSSR count). The molecule has 0 spiro atoms. The third-order valence-electron chi connectivity index (χ3n) is 12.8. The lowest BCUT2D eigenvalue weighted by molar-refractivity contribution is -0.870. The minimum atomic E-state index is -4.63. The van der Waals surface area contributed by atoms with Gasteiger partial charge in [0.2, 0.25) is 5.91 Å². The average molecular weight is 1090 g/mol. The summed E-state index contributed by atoms with van der Waals surface area (Å²) in [5.74, 6) is -0.249.